The van der Waals surface area contributed by atoms with E-state index in [1.54, 1.807) is 31.4 Å². The van der Waals surface area contributed by atoms with E-state index in [0.717, 1.165) is 0 Å². The highest BCUT2D eigenvalue weighted by molar-refractivity contribution is 5.95. The molecule has 32 heavy (non-hydrogen) atoms. The number of amides is 3. The van der Waals surface area contributed by atoms with Gasteiger partial charge in [0.05, 0.1) is 19.6 Å². The number of benzene rings is 1. The molecule has 2 rings (SSSR count). The minimum absolute atomic E-state index is 0.0767. The molecule has 176 valence electrons. The molecule has 0 aromatic heterocycles. The number of esters is 1. The summed E-state index contributed by atoms with van der Waals surface area (Å²) < 4.78 is 10.0. The molecular weight excluding hydrogens is 416 g/mol. The highest BCUT2D eigenvalue weighted by Crippen LogP contribution is 2.13. The highest BCUT2D eigenvalue weighted by Gasteiger charge is 2.34. The van der Waals surface area contributed by atoms with E-state index in [4.69, 9.17) is 9.47 Å². The van der Waals surface area contributed by atoms with Crippen LogP contribution in [0.2, 0.25) is 0 Å². The molecule has 1 aromatic carbocycles. The lowest BCUT2D eigenvalue weighted by Crippen LogP contribution is -2.58. The Hall–Kier alpha value is -3.14. The van der Waals surface area contributed by atoms with Crippen molar-refractivity contribution in [1.82, 2.24) is 15.5 Å². The average molecular weight is 449 g/mol. The van der Waals surface area contributed by atoms with Gasteiger partial charge in [-0.25, -0.2) is 0 Å². The Morgan fingerprint density at radius 1 is 1.25 bits per heavy atom. The molecule has 1 saturated heterocycles. The van der Waals surface area contributed by atoms with Crippen LogP contribution in [-0.4, -0.2) is 81.1 Å². The van der Waals surface area contributed by atoms with Crippen LogP contribution in [0.5, 0.6) is 0 Å². The van der Waals surface area contributed by atoms with Gasteiger partial charge in [-0.15, -0.1) is 0 Å². The summed E-state index contributed by atoms with van der Waals surface area (Å²) in [5.74, 6) is -1.41. The number of ether oxygens (including phenoxy) is 2. The Kier molecular flexibility index (Phi) is 10.5. The fourth-order valence-electron chi connectivity index (χ4n) is 3.22. The number of hydrogen-bond donors (Lipinski definition) is 3. The van der Waals surface area contributed by atoms with Crippen molar-refractivity contribution in [3.8, 4) is 0 Å². The molecule has 10 heteroatoms. The standard InChI is InChI=1S/C22H32N4O6/c1-3-11-32-20(28)14-18-22(30)24-9-10-26(18)19(27)15-25-17-7-4-6-16(13-17)21(29)23-8-5-12-31-2/h4,6-7,13,18,25H,3,5,8-12,14-15H2,1-2H3,(H,23,29)(H,24,30). The number of hydrogen-bond acceptors (Lipinski definition) is 7. The van der Waals surface area contributed by atoms with Crippen molar-refractivity contribution in [2.75, 3.05) is 51.8 Å². The Bertz CT molecular complexity index is 800. The van der Waals surface area contributed by atoms with Crippen LogP contribution < -0.4 is 16.0 Å². The number of carbonyl (C=O) groups excluding carboxylic acids is 4. The fraction of sp³-hybridized carbons (Fsp3) is 0.545. The lowest BCUT2D eigenvalue weighted by Gasteiger charge is -2.34. The van der Waals surface area contributed by atoms with Gasteiger partial charge in [0.15, 0.2) is 0 Å². The van der Waals surface area contributed by atoms with Gasteiger partial charge >= 0.3 is 5.97 Å². The summed E-state index contributed by atoms with van der Waals surface area (Å²) in [6.45, 7) is 3.78. The number of carbonyl (C=O) groups is 4. The molecule has 0 bridgehead atoms. The molecule has 1 atom stereocenters. The molecule has 1 heterocycles. The van der Waals surface area contributed by atoms with Crippen LogP contribution in [0.15, 0.2) is 24.3 Å². The Labute approximate surface area is 188 Å². The van der Waals surface area contributed by atoms with Crippen LogP contribution in [0, 0.1) is 0 Å². The third-order valence-corrected chi connectivity index (χ3v) is 4.86. The summed E-state index contributed by atoms with van der Waals surface area (Å²) in [7, 11) is 1.61. The van der Waals surface area contributed by atoms with E-state index in [2.05, 4.69) is 16.0 Å². The monoisotopic (exact) mass is 448 g/mol. The SMILES string of the molecule is CCCOC(=O)CC1C(=O)NCCN1C(=O)CNc1cccc(C(=O)NCCCOC)c1. The summed E-state index contributed by atoms with van der Waals surface area (Å²) >= 11 is 0. The number of nitrogens with one attached hydrogen (secondary N) is 3. The number of rotatable bonds is 12. The molecule has 10 nitrogen and oxygen atoms in total. The third-order valence-electron chi connectivity index (χ3n) is 4.86. The van der Waals surface area contributed by atoms with Crippen LogP contribution in [0.3, 0.4) is 0 Å². The maximum absolute atomic E-state index is 12.8. The van der Waals surface area contributed by atoms with Gasteiger partial charge in [0.1, 0.15) is 6.04 Å². The molecular formula is C22H32N4O6. The van der Waals surface area contributed by atoms with E-state index >= 15 is 0 Å². The average Bonchev–Trinajstić information content (AvgIpc) is 2.80. The van der Waals surface area contributed by atoms with Crippen molar-refractivity contribution >= 4 is 29.4 Å². The van der Waals surface area contributed by atoms with Crippen molar-refractivity contribution in [3.63, 3.8) is 0 Å². The van der Waals surface area contributed by atoms with Crippen LogP contribution >= 0.6 is 0 Å². The maximum Gasteiger partial charge on any atom is 0.308 e. The van der Waals surface area contributed by atoms with Crippen LogP contribution in [0.25, 0.3) is 0 Å². The molecule has 1 aromatic rings. The van der Waals surface area contributed by atoms with E-state index in [1.807, 2.05) is 6.92 Å². The number of methoxy groups -OCH3 is 1. The van der Waals surface area contributed by atoms with Gasteiger partial charge in [0.25, 0.3) is 5.91 Å². The largest absolute Gasteiger partial charge is 0.466 e. The second kappa shape index (κ2) is 13.3. The Morgan fingerprint density at radius 2 is 2.06 bits per heavy atom. The summed E-state index contributed by atoms with van der Waals surface area (Å²) in [5, 5.41) is 8.49. The maximum atomic E-state index is 12.8. The first kappa shape index (κ1) is 25.1. The summed E-state index contributed by atoms with van der Waals surface area (Å²) in [6, 6.07) is 5.91. The van der Waals surface area contributed by atoms with Gasteiger partial charge in [-0.05, 0) is 31.0 Å². The van der Waals surface area contributed by atoms with Crippen molar-refractivity contribution < 1.29 is 28.7 Å². The molecule has 1 fully saturated rings. The van der Waals surface area contributed by atoms with E-state index in [1.165, 1.54) is 4.90 Å². The topological polar surface area (TPSA) is 126 Å². The predicted molar refractivity (Wildman–Crippen MR) is 118 cm³/mol. The molecule has 0 radical (unpaired) electrons. The van der Waals surface area contributed by atoms with Gasteiger partial charge in [-0.3, -0.25) is 19.2 Å². The first-order valence-electron chi connectivity index (χ1n) is 10.8. The van der Waals surface area contributed by atoms with Crippen molar-refractivity contribution in [1.29, 1.82) is 0 Å². The predicted octanol–water partition coefficient (Wildman–Crippen LogP) is 0.535. The minimum atomic E-state index is -0.897. The van der Waals surface area contributed by atoms with E-state index in [9.17, 15) is 19.2 Å². The van der Waals surface area contributed by atoms with Crippen molar-refractivity contribution in [2.24, 2.45) is 0 Å². The summed E-state index contributed by atoms with van der Waals surface area (Å²) in [5.41, 5.74) is 1.07. The molecule has 3 amide bonds. The smallest absolute Gasteiger partial charge is 0.308 e. The van der Waals surface area contributed by atoms with Gasteiger partial charge in [0, 0.05) is 44.6 Å². The van der Waals surface area contributed by atoms with Crippen molar-refractivity contribution in [3.05, 3.63) is 29.8 Å². The minimum Gasteiger partial charge on any atom is -0.466 e. The van der Waals surface area contributed by atoms with Crippen LogP contribution in [0.1, 0.15) is 36.5 Å². The van der Waals surface area contributed by atoms with Gasteiger partial charge in [0.2, 0.25) is 11.8 Å². The normalized spacial score (nSPS) is 15.6. The van der Waals surface area contributed by atoms with Crippen LogP contribution in [-0.2, 0) is 23.9 Å². The summed E-state index contributed by atoms with van der Waals surface area (Å²) in [4.78, 5) is 50.7. The molecule has 1 unspecified atom stereocenters. The molecule has 0 spiro atoms. The van der Waals surface area contributed by atoms with Gasteiger partial charge < -0.3 is 30.3 Å². The number of nitrogens with zero attached hydrogens (tertiary/aromatic N) is 1. The molecule has 0 saturated carbocycles. The number of anilines is 1. The van der Waals surface area contributed by atoms with E-state index < -0.39 is 12.0 Å². The second-order valence-corrected chi connectivity index (χ2v) is 7.36. The summed E-state index contributed by atoms with van der Waals surface area (Å²) in [6.07, 6.45) is 1.21. The second-order valence-electron chi connectivity index (χ2n) is 7.36. The lowest BCUT2D eigenvalue weighted by molar-refractivity contribution is -0.151. The van der Waals surface area contributed by atoms with Crippen molar-refractivity contribution in [2.45, 2.75) is 32.2 Å². The highest BCUT2D eigenvalue weighted by atomic mass is 16.5. The zero-order valence-corrected chi connectivity index (χ0v) is 18.6. The van der Waals surface area contributed by atoms with Crippen LogP contribution in [0.4, 0.5) is 5.69 Å². The van der Waals surface area contributed by atoms with Gasteiger partial charge in [-0.1, -0.05) is 13.0 Å². The third kappa shape index (κ3) is 7.84. The number of piperazine rings is 1. The molecule has 1 aliphatic rings. The quantitative estimate of drug-likeness (QED) is 0.315. The lowest BCUT2D eigenvalue weighted by atomic mass is 10.1. The first-order chi connectivity index (χ1) is 15.5. The fourth-order valence-corrected chi connectivity index (χ4v) is 3.22. The molecule has 0 aliphatic carbocycles. The van der Waals surface area contributed by atoms with Gasteiger partial charge in [-0.2, -0.15) is 0 Å². The molecule has 1 aliphatic heterocycles. The Balaban J connectivity index is 1.93. The zero-order valence-electron chi connectivity index (χ0n) is 18.6. The van der Waals surface area contributed by atoms with E-state index in [-0.39, 0.29) is 37.3 Å². The first-order valence-corrected chi connectivity index (χ1v) is 10.8. The molecule has 3 N–H and O–H groups in total. The Morgan fingerprint density at radius 3 is 2.81 bits per heavy atom. The zero-order chi connectivity index (χ0) is 23.3. The van der Waals surface area contributed by atoms with E-state index in [0.29, 0.717) is 50.3 Å².